The van der Waals surface area contributed by atoms with Crippen molar-refractivity contribution in [1.29, 1.82) is 0 Å². The van der Waals surface area contributed by atoms with Gasteiger partial charge in [0.15, 0.2) is 0 Å². The molecule has 0 atom stereocenters. The van der Waals surface area contributed by atoms with Gasteiger partial charge in [0.2, 0.25) is 0 Å². The van der Waals surface area contributed by atoms with Gasteiger partial charge in [0.1, 0.15) is 5.78 Å². The maximum absolute atomic E-state index is 10.4. The molecule has 0 aliphatic carbocycles. The molecule has 2 rings (SSSR count). The van der Waals surface area contributed by atoms with Gasteiger partial charge < -0.3 is 5.21 Å². The van der Waals surface area contributed by atoms with E-state index < -0.39 is 0 Å². The fraction of sp³-hybridized carbons (Fsp3) is 0.833. The first-order valence-corrected chi connectivity index (χ1v) is 7.51. The van der Waals surface area contributed by atoms with E-state index >= 15 is 0 Å². The first-order valence-electron chi connectivity index (χ1n) is 5.20. The Kier molecular flexibility index (Phi) is 13.9. The van der Waals surface area contributed by atoms with Crippen LogP contribution in [-0.2, 0) is 4.79 Å². The molecule has 2 fully saturated rings. The lowest BCUT2D eigenvalue weighted by atomic mass is 10.2. The summed E-state index contributed by atoms with van der Waals surface area (Å²) in [5.41, 5.74) is 0.962. The van der Waals surface area contributed by atoms with Crippen LogP contribution in [-0.4, -0.2) is 39.7 Å². The Bertz CT molecular complexity index is 217. The maximum atomic E-state index is 10.4. The Balaban J connectivity index is 0. The highest BCUT2D eigenvalue weighted by Crippen LogP contribution is 2.13. The Morgan fingerprint density at radius 3 is 1.53 bits per heavy atom. The van der Waals surface area contributed by atoms with Crippen molar-refractivity contribution < 1.29 is 10.0 Å². The lowest BCUT2D eigenvalue weighted by Gasteiger charge is -2.08. The van der Waals surface area contributed by atoms with Gasteiger partial charge in [0.25, 0.3) is 0 Å². The van der Waals surface area contributed by atoms with Crippen molar-refractivity contribution in [2.24, 2.45) is 5.16 Å². The predicted molar refractivity (Wildman–Crippen MR) is 80.8 cm³/mol. The zero-order chi connectivity index (χ0) is 10.9. The highest BCUT2D eigenvalue weighted by atomic mass is 32.2. The second-order valence-corrected chi connectivity index (χ2v) is 5.88. The minimum Gasteiger partial charge on any atom is -0.411 e. The number of hydrogen-bond donors (Lipinski definition) is 1. The molecule has 102 valence electrons. The molecule has 0 aromatic rings. The van der Waals surface area contributed by atoms with Crippen molar-refractivity contribution in [3.63, 3.8) is 0 Å². The SMILES string of the molecule is C.C.O=C1CCSCC1.ON=C1CCSCC1. The molecular formula is C12H25NO2S2. The maximum Gasteiger partial charge on any atom is 0.134 e. The molecule has 1 N–H and O–H groups in total. The van der Waals surface area contributed by atoms with Crippen molar-refractivity contribution >= 4 is 35.0 Å². The Morgan fingerprint density at radius 2 is 1.29 bits per heavy atom. The molecule has 0 spiro atoms. The second-order valence-electron chi connectivity index (χ2n) is 3.43. The Labute approximate surface area is 114 Å². The fourth-order valence-corrected chi connectivity index (χ4v) is 3.22. The van der Waals surface area contributed by atoms with Gasteiger partial charge >= 0.3 is 0 Å². The molecule has 0 amide bonds. The summed E-state index contributed by atoms with van der Waals surface area (Å²) in [7, 11) is 0. The summed E-state index contributed by atoms with van der Waals surface area (Å²) >= 11 is 3.80. The van der Waals surface area contributed by atoms with Crippen molar-refractivity contribution in [2.45, 2.75) is 40.5 Å². The van der Waals surface area contributed by atoms with E-state index in [1.807, 2.05) is 23.5 Å². The summed E-state index contributed by atoms with van der Waals surface area (Å²) in [5.74, 6) is 4.80. The van der Waals surface area contributed by atoms with Gasteiger partial charge in [-0.25, -0.2) is 0 Å². The Hall–Kier alpha value is -0.160. The van der Waals surface area contributed by atoms with E-state index in [0.29, 0.717) is 5.78 Å². The lowest BCUT2D eigenvalue weighted by molar-refractivity contribution is -0.118. The van der Waals surface area contributed by atoms with Crippen LogP contribution in [0, 0.1) is 0 Å². The standard InChI is InChI=1S/C5H9NOS.C5H8OS.2CH4/c7-6-5-1-3-8-4-2-5;6-5-1-3-7-4-2-5;;/h7H,1-4H2;1-4H2;2*1H4. The average molecular weight is 279 g/mol. The largest absolute Gasteiger partial charge is 0.411 e. The number of ketones is 1. The highest BCUT2D eigenvalue weighted by molar-refractivity contribution is 7.99. The van der Waals surface area contributed by atoms with Gasteiger partial charge in [-0.2, -0.15) is 23.5 Å². The van der Waals surface area contributed by atoms with Gasteiger partial charge in [0, 0.05) is 24.3 Å². The topological polar surface area (TPSA) is 49.7 Å². The van der Waals surface area contributed by atoms with Crippen molar-refractivity contribution in [1.82, 2.24) is 0 Å². The average Bonchev–Trinajstić information content (AvgIpc) is 2.32. The summed E-state index contributed by atoms with van der Waals surface area (Å²) in [6, 6.07) is 0. The third-order valence-corrected chi connectivity index (χ3v) is 4.23. The molecule has 0 aromatic heterocycles. The van der Waals surface area contributed by atoms with Crippen molar-refractivity contribution in [2.75, 3.05) is 23.0 Å². The highest BCUT2D eigenvalue weighted by Gasteiger charge is 2.06. The van der Waals surface area contributed by atoms with Gasteiger partial charge in [0.05, 0.1) is 5.71 Å². The Morgan fingerprint density at radius 1 is 0.882 bits per heavy atom. The summed E-state index contributed by atoms with van der Waals surface area (Å²) in [5, 5.41) is 11.4. The molecule has 0 aromatic carbocycles. The van der Waals surface area contributed by atoms with Crippen molar-refractivity contribution in [3.05, 3.63) is 0 Å². The molecule has 0 unspecified atom stereocenters. The van der Waals surface area contributed by atoms with Crippen LogP contribution >= 0.6 is 23.5 Å². The second kappa shape index (κ2) is 12.3. The number of carbonyl (C=O) groups is 1. The number of carbonyl (C=O) groups excluding carboxylic acids is 1. The van der Waals surface area contributed by atoms with Crippen LogP contribution in [0.2, 0.25) is 0 Å². The first kappa shape index (κ1) is 19.2. The van der Waals surface area contributed by atoms with Crippen LogP contribution < -0.4 is 0 Å². The summed E-state index contributed by atoms with van der Waals surface area (Å²) < 4.78 is 0. The molecule has 0 saturated carbocycles. The minimum atomic E-state index is 0. The molecule has 17 heavy (non-hydrogen) atoms. The molecule has 0 bridgehead atoms. The quantitative estimate of drug-likeness (QED) is 0.542. The predicted octanol–water partition coefficient (Wildman–Crippen LogP) is 3.70. The monoisotopic (exact) mass is 279 g/mol. The van der Waals surface area contributed by atoms with Crippen LogP contribution in [0.25, 0.3) is 0 Å². The van der Waals surface area contributed by atoms with E-state index in [9.17, 15) is 4.79 Å². The van der Waals surface area contributed by atoms with E-state index in [-0.39, 0.29) is 14.9 Å². The lowest BCUT2D eigenvalue weighted by Crippen LogP contribution is -2.07. The number of nitrogens with zero attached hydrogens (tertiary/aromatic N) is 1. The van der Waals surface area contributed by atoms with E-state index in [2.05, 4.69) is 5.16 Å². The third kappa shape index (κ3) is 9.53. The molecule has 2 aliphatic heterocycles. The molecule has 5 heteroatoms. The molecule has 2 heterocycles. The number of Topliss-reactive ketones (excluding diaryl/α,β-unsaturated/α-hetero) is 1. The van der Waals surface area contributed by atoms with Crippen molar-refractivity contribution in [3.8, 4) is 0 Å². The summed E-state index contributed by atoms with van der Waals surface area (Å²) in [6.07, 6.45) is 3.57. The number of rotatable bonds is 0. The zero-order valence-corrected chi connectivity index (χ0v) is 10.4. The molecule has 0 radical (unpaired) electrons. The molecule has 2 aliphatic rings. The van der Waals surface area contributed by atoms with Gasteiger partial charge in [-0.1, -0.05) is 20.0 Å². The normalized spacial score (nSPS) is 19.1. The van der Waals surface area contributed by atoms with Gasteiger partial charge in [-0.15, -0.1) is 0 Å². The van der Waals surface area contributed by atoms with E-state index in [0.717, 1.165) is 54.4 Å². The summed E-state index contributed by atoms with van der Waals surface area (Å²) in [6.45, 7) is 0. The minimum absolute atomic E-state index is 0. The zero-order valence-electron chi connectivity index (χ0n) is 8.78. The van der Waals surface area contributed by atoms with Crippen LogP contribution in [0.5, 0.6) is 0 Å². The summed E-state index contributed by atoms with van der Waals surface area (Å²) in [4.78, 5) is 10.4. The van der Waals surface area contributed by atoms with Crippen LogP contribution in [0.1, 0.15) is 40.5 Å². The van der Waals surface area contributed by atoms with E-state index in [1.54, 1.807) is 0 Å². The number of oxime groups is 1. The van der Waals surface area contributed by atoms with Crippen LogP contribution in [0.3, 0.4) is 0 Å². The third-order valence-electron chi connectivity index (χ3n) is 2.26. The van der Waals surface area contributed by atoms with Crippen LogP contribution in [0.4, 0.5) is 0 Å². The fourth-order valence-electron chi connectivity index (χ4n) is 1.31. The molecule has 2 saturated heterocycles. The van der Waals surface area contributed by atoms with E-state index in [4.69, 9.17) is 5.21 Å². The molecule has 3 nitrogen and oxygen atoms in total. The number of thioether (sulfide) groups is 2. The molecular weight excluding hydrogens is 254 g/mol. The first-order chi connectivity index (χ1) is 7.33. The van der Waals surface area contributed by atoms with Gasteiger partial charge in [-0.3, -0.25) is 4.79 Å². The number of hydrogen-bond acceptors (Lipinski definition) is 5. The van der Waals surface area contributed by atoms with E-state index in [1.165, 1.54) is 0 Å². The van der Waals surface area contributed by atoms with Gasteiger partial charge in [-0.05, 0) is 24.3 Å². The van der Waals surface area contributed by atoms with Crippen LogP contribution in [0.15, 0.2) is 5.16 Å². The smallest absolute Gasteiger partial charge is 0.134 e.